The summed E-state index contributed by atoms with van der Waals surface area (Å²) in [5.41, 5.74) is -0.605. The molecule has 1 aromatic heterocycles. The smallest absolute Gasteiger partial charge is 0.416 e. The number of pyridine rings is 1. The molecule has 3 aromatic rings. The Morgan fingerprint density at radius 2 is 1.81 bits per heavy atom. The molecule has 0 saturated heterocycles. The number of rotatable bonds is 10. The van der Waals surface area contributed by atoms with Crippen molar-refractivity contribution in [1.29, 1.82) is 0 Å². The van der Waals surface area contributed by atoms with E-state index in [1.54, 1.807) is 20.8 Å². The summed E-state index contributed by atoms with van der Waals surface area (Å²) in [5.74, 6) is -2.45. The maximum Gasteiger partial charge on any atom is 0.416 e. The Hall–Kier alpha value is -4.52. The molecule has 0 atom stereocenters. The van der Waals surface area contributed by atoms with E-state index < -0.39 is 39.9 Å². The Morgan fingerprint density at radius 1 is 1.10 bits per heavy atom. The van der Waals surface area contributed by atoms with Crippen LogP contribution in [0.3, 0.4) is 0 Å². The predicted octanol–water partition coefficient (Wildman–Crippen LogP) is 6.83. The summed E-state index contributed by atoms with van der Waals surface area (Å²) in [5, 5.41) is 14.5. The second-order valence-electron chi connectivity index (χ2n) is 9.92. The summed E-state index contributed by atoms with van der Waals surface area (Å²) >= 11 is 5.93. The lowest BCUT2D eigenvalue weighted by Gasteiger charge is -2.27. The molecule has 42 heavy (non-hydrogen) atoms. The minimum atomic E-state index is -0.920. The lowest BCUT2D eigenvalue weighted by Crippen LogP contribution is -2.38. The number of methoxy groups -OCH3 is 2. The van der Waals surface area contributed by atoms with E-state index >= 15 is 0 Å². The summed E-state index contributed by atoms with van der Waals surface area (Å²) in [6.45, 7) is 4.82. The quantitative estimate of drug-likeness (QED) is 0.150. The molecule has 1 N–H and O–H groups in total. The van der Waals surface area contributed by atoms with Gasteiger partial charge in [-0.25, -0.2) is 18.4 Å². The van der Waals surface area contributed by atoms with Gasteiger partial charge >= 0.3 is 17.7 Å². The zero-order chi connectivity index (χ0) is 31.2. The van der Waals surface area contributed by atoms with Gasteiger partial charge in [-0.3, -0.25) is 15.0 Å². The number of carbonyl (C=O) groups excluding carboxylic acids is 2. The molecule has 1 amide bonds. The van der Waals surface area contributed by atoms with Gasteiger partial charge in [-0.15, -0.1) is 0 Å². The number of hydrogen-bond donors (Lipinski definition) is 1. The molecule has 0 unspecified atom stereocenters. The number of carbonyl (C=O) groups is 2. The molecule has 2 aromatic carbocycles. The number of halogens is 3. The largest absolute Gasteiger partial charge is 0.481 e. The number of nitrogens with zero attached hydrogens (tertiary/aromatic N) is 3. The highest BCUT2D eigenvalue weighted by Crippen LogP contribution is 2.32. The Labute approximate surface area is 245 Å². The van der Waals surface area contributed by atoms with E-state index in [1.165, 1.54) is 43.5 Å². The highest BCUT2D eigenvalue weighted by molar-refractivity contribution is 6.31. The summed E-state index contributed by atoms with van der Waals surface area (Å²) in [6.07, 6.45) is -0.561. The first-order valence-electron chi connectivity index (χ1n) is 12.6. The lowest BCUT2D eigenvalue weighted by atomic mass is 10.1. The molecule has 0 aliphatic rings. The predicted molar refractivity (Wildman–Crippen MR) is 152 cm³/mol. The van der Waals surface area contributed by atoms with E-state index in [0.29, 0.717) is 11.3 Å². The van der Waals surface area contributed by atoms with Crippen molar-refractivity contribution in [1.82, 2.24) is 4.98 Å². The van der Waals surface area contributed by atoms with Crippen molar-refractivity contribution in [2.45, 2.75) is 39.2 Å². The van der Waals surface area contributed by atoms with Crippen molar-refractivity contribution in [3.63, 3.8) is 0 Å². The number of anilines is 3. The van der Waals surface area contributed by atoms with Crippen molar-refractivity contribution in [3.05, 3.63) is 80.4 Å². The third-order valence-electron chi connectivity index (χ3n) is 5.73. The summed E-state index contributed by atoms with van der Waals surface area (Å²) in [7, 11) is 2.47. The molecular weight excluding hydrogens is 578 g/mol. The Balaban J connectivity index is 1.94. The molecule has 0 aliphatic heterocycles. The molecule has 224 valence electrons. The molecule has 0 spiro atoms. The molecule has 0 radical (unpaired) electrons. The van der Waals surface area contributed by atoms with Gasteiger partial charge in [-0.05, 0) is 69.5 Å². The van der Waals surface area contributed by atoms with Crippen LogP contribution < -0.4 is 15.0 Å². The molecular formula is C28H29ClF2N4O7. The number of nitrogens with one attached hydrogen (secondary N) is 1. The minimum absolute atomic E-state index is 0.0418. The molecule has 3 rings (SSSR count). The molecule has 0 saturated carbocycles. The van der Waals surface area contributed by atoms with Gasteiger partial charge in [0.15, 0.2) is 0 Å². The molecule has 11 nitrogen and oxygen atoms in total. The molecule has 14 heteroatoms. The Bertz CT molecular complexity index is 1500. The maximum absolute atomic E-state index is 14.3. The topological polar surface area (TPSA) is 133 Å². The van der Waals surface area contributed by atoms with Gasteiger partial charge < -0.3 is 19.5 Å². The number of esters is 1. The average Bonchev–Trinajstić information content (AvgIpc) is 2.92. The molecule has 0 bridgehead atoms. The fraction of sp³-hybridized carbons (Fsp3) is 0.321. The molecule has 1 heterocycles. The van der Waals surface area contributed by atoms with Gasteiger partial charge in [0, 0.05) is 24.4 Å². The highest BCUT2D eigenvalue weighted by Gasteiger charge is 2.30. The van der Waals surface area contributed by atoms with E-state index in [9.17, 15) is 28.5 Å². The summed E-state index contributed by atoms with van der Waals surface area (Å²) in [4.78, 5) is 41.6. The van der Waals surface area contributed by atoms with Crippen LogP contribution in [-0.4, -0.2) is 48.3 Å². The molecule has 0 aliphatic carbocycles. The van der Waals surface area contributed by atoms with Crippen molar-refractivity contribution in [2.24, 2.45) is 0 Å². The van der Waals surface area contributed by atoms with Crippen LogP contribution in [0.5, 0.6) is 5.88 Å². The number of hydrogen-bond acceptors (Lipinski definition) is 9. The van der Waals surface area contributed by atoms with Crippen LogP contribution >= 0.6 is 11.6 Å². The monoisotopic (exact) mass is 606 g/mol. The lowest BCUT2D eigenvalue weighted by molar-refractivity contribution is -0.384. The maximum atomic E-state index is 14.3. The second kappa shape index (κ2) is 13.4. The second-order valence-corrected chi connectivity index (χ2v) is 10.3. The fourth-order valence-corrected chi connectivity index (χ4v) is 4.04. The normalized spacial score (nSPS) is 11.0. The number of ether oxygens (including phenoxy) is 3. The van der Waals surface area contributed by atoms with Crippen LogP contribution in [0.4, 0.5) is 36.5 Å². The average molecular weight is 607 g/mol. The van der Waals surface area contributed by atoms with E-state index in [1.807, 2.05) is 0 Å². The van der Waals surface area contributed by atoms with Crippen LogP contribution in [-0.2, 0) is 15.9 Å². The Morgan fingerprint density at radius 3 is 2.43 bits per heavy atom. The van der Waals surface area contributed by atoms with Gasteiger partial charge in [0.1, 0.15) is 17.2 Å². The van der Waals surface area contributed by atoms with E-state index in [2.05, 4.69) is 10.3 Å². The van der Waals surface area contributed by atoms with E-state index in [-0.39, 0.29) is 47.4 Å². The van der Waals surface area contributed by atoms with Crippen LogP contribution in [0.2, 0.25) is 5.02 Å². The van der Waals surface area contributed by atoms with Crippen molar-refractivity contribution < 1.29 is 37.5 Å². The number of nitro groups is 1. The number of aryl methyl sites for hydroxylation is 1. The zero-order valence-electron chi connectivity index (χ0n) is 23.5. The number of aromatic nitrogens is 1. The first-order valence-corrected chi connectivity index (χ1v) is 12.9. The van der Waals surface area contributed by atoms with Crippen molar-refractivity contribution in [2.75, 3.05) is 31.0 Å². The van der Waals surface area contributed by atoms with Crippen LogP contribution in [0.15, 0.2) is 42.5 Å². The fourth-order valence-electron chi connectivity index (χ4n) is 3.87. The highest BCUT2D eigenvalue weighted by atomic mass is 35.5. The summed E-state index contributed by atoms with van der Waals surface area (Å²) < 4.78 is 43.7. The SMILES string of the molecule is COC(=O)c1cc(F)c(Cl)cc1Nc1ccc(F)cc1CCCN(C(=O)OC(C)(C)C)c1nc(OC)ccc1[N+](=O)[O-]. The van der Waals surface area contributed by atoms with Crippen molar-refractivity contribution in [3.8, 4) is 5.88 Å². The Kier molecular flexibility index (Phi) is 10.2. The number of amides is 1. The first-order chi connectivity index (χ1) is 19.7. The third kappa shape index (κ3) is 8.03. The number of benzene rings is 2. The van der Waals surface area contributed by atoms with Crippen molar-refractivity contribution >= 4 is 46.5 Å². The van der Waals surface area contributed by atoms with Gasteiger partial charge in [-0.1, -0.05) is 11.6 Å². The summed E-state index contributed by atoms with van der Waals surface area (Å²) in [6, 6.07) is 8.44. The van der Waals surface area contributed by atoms with E-state index in [0.717, 1.165) is 18.1 Å². The first kappa shape index (κ1) is 32.0. The standard InChI is InChI=1S/C28H29ClF2N4O7/c1-28(2,3)42-27(37)34(25-23(35(38)39)10-11-24(33-25)40-4)12-6-7-16-13-17(30)8-9-21(16)32-22-15-19(29)20(31)14-18(22)26(36)41-5/h8-11,13-15,32H,6-7,12H2,1-5H3. The van der Waals surface area contributed by atoms with Gasteiger partial charge in [0.25, 0.3) is 0 Å². The van der Waals surface area contributed by atoms with Gasteiger partial charge in [0.2, 0.25) is 11.7 Å². The minimum Gasteiger partial charge on any atom is -0.481 e. The van der Waals surface area contributed by atoms with E-state index in [4.69, 9.17) is 25.8 Å². The van der Waals surface area contributed by atoms with Crippen LogP contribution in [0.25, 0.3) is 0 Å². The van der Waals surface area contributed by atoms with Crippen LogP contribution in [0, 0.1) is 21.7 Å². The molecule has 0 fully saturated rings. The third-order valence-corrected chi connectivity index (χ3v) is 6.02. The van der Waals surface area contributed by atoms with Crippen LogP contribution in [0.1, 0.15) is 43.1 Å². The van der Waals surface area contributed by atoms with Gasteiger partial charge in [0.05, 0.1) is 35.4 Å². The van der Waals surface area contributed by atoms with Gasteiger partial charge in [-0.2, -0.15) is 4.98 Å². The zero-order valence-corrected chi connectivity index (χ0v) is 24.3.